The van der Waals surface area contributed by atoms with Gasteiger partial charge in [-0.3, -0.25) is 0 Å². The zero-order valence-electron chi connectivity index (χ0n) is 16.9. The molecule has 0 unspecified atom stereocenters. The fraction of sp³-hybridized carbons (Fsp3) is 0.455. The van der Waals surface area contributed by atoms with Crippen LogP contribution in [0.2, 0.25) is 0 Å². The van der Waals surface area contributed by atoms with Crippen molar-refractivity contribution in [3.8, 4) is 17.6 Å². The van der Waals surface area contributed by atoms with E-state index >= 15 is 0 Å². The van der Waals surface area contributed by atoms with Crippen molar-refractivity contribution in [2.75, 3.05) is 5.32 Å². The first-order valence-corrected chi connectivity index (χ1v) is 10.5. The average Bonchev–Trinajstić information content (AvgIpc) is 3.06. The maximum atomic E-state index is 11.6. The summed E-state index contributed by atoms with van der Waals surface area (Å²) in [5, 5.41) is 24.0. The predicted octanol–water partition coefficient (Wildman–Crippen LogP) is 4.28. The number of hydrogen-bond donors (Lipinski definition) is 2. The number of aromatic carboxylic acids is 1. The molecule has 2 heterocycles. The number of nitrogens with zero attached hydrogens (tertiary/aromatic N) is 1. The summed E-state index contributed by atoms with van der Waals surface area (Å²) in [5.41, 5.74) is 0.514. The Morgan fingerprint density at radius 1 is 1.28 bits per heavy atom. The van der Waals surface area contributed by atoms with E-state index in [0.717, 1.165) is 35.3 Å². The molecule has 2 aromatic heterocycles. The van der Waals surface area contributed by atoms with Gasteiger partial charge in [-0.2, -0.15) is 4.73 Å². The first kappa shape index (κ1) is 21.0. The van der Waals surface area contributed by atoms with E-state index in [2.05, 4.69) is 17.2 Å². The second-order valence-corrected chi connectivity index (χ2v) is 9.34. The number of rotatable bonds is 5. The van der Waals surface area contributed by atoms with Crippen LogP contribution in [0, 0.1) is 22.5 Å². The Bertz CT molecular complexity index is 911. The summed E-state index contributed by atoms with van der Waals surface area (Å²) in [4.78, 5) is 12.7. The molecule has 0 atom stereocenters. The van der Waals surface area contributed by atoms with Crippen LogP contribution in [0.4, 0.5) is 5.69 Å². The molecule has 1 saturated carbocycles. The molecule has 0 radical (unpaired) electrons. The molecule has 1 aliphatic rings. The maximum absolute atomic E-state index is 11.6. The van der Waals surface area contributed by atoms with Crippen molar-refractivity contribution in [3.63, 3.8) is 0 Å². The lowest BCUT2D eigenvalue weighted by atomic mass is 9.92. The number of carbonyl (C=O) groups is 1. The van der Waals surface area contributed by atoms with Crippen LogP contribution >= 0.6 is 11.3 Å². The van der Waals surface area contributed by atoms with Gasteiger partial charge in [0.05, 0.1) is 16.7 Å². The number of pyridine rings is 1. The zero-order chi connectivity index (χ0) is 21.0. The van der Waals surface area contributed by atoms with Gasteiger partial charge in [0.1, 0.15) is 10.6 Å². The molecule has 29 heavy (non-hydrogen) atoms. The molecule has 6 nitrogen and oxygen atoms in total. The number of carboxylic acids is 1. The van der Waals surface area contributed by atoms with Crippen LogP contribution in [-0.2, 0) is 0 Å². The van der Waals surface area contributed by atoms with E-state index < -0.39 is 5.97 Å². The summed E-state index contributed by atoms with van der Waals surface area (Å²) < 4.78 is 6.68. The third kappa shape index (κ3) is 6.13. The number of nitrogens with one attached hydrogen (secondary N) is 1. The highest BCUT2D eigenvalue weighted by Gasteiger charge is 2.25. The lowest BCUT2D eigenvalue weighted by Crippen LogP contribution is -2.31. The molecule has 0 aliphatic heterocycles. The van der Waals surface area contributed by atoms with Gasteiger partial charge >= 0.3 is 5.97 Å². The second kappa shape index (κ2) is 8.75. The number of ether oxygens (including phenoxy) is 1. The predicted molar refractivity (Wildman–Crippen MR) is 113 cm³/mol. The maximum Gasteiger partial charge on any atom is 0.348 e. The molecule has 0 saturated heterocycles. The first-order chi connectivity index (χ1) is 13.7. The third-order valence-electron chi connectivity index (χ3n) is 4.60. The largest absolute Gasteiger partial charge is 0.619 e. The molecular formula is C22H26N2O4S. The van der Waals surface area contributed by atoms with Gasteiger partial charge < -0.3 is 20.4 Å². The van der Waals surface area contributed by atoms with E-state index in [9.17, 15) is 15.1 Å². The Balaban J connectivity index is 1.60. The van der Waals surface area contributed by atoms with Crippen molar-refractivity contribution in [2.45, 2.75) is 58.6 Å². The van der Waals surface area contributed by atoms with Crippen molar-refractivity contribution in [1.82, 2.24) is 0 Å². The Hall–Kier alpha value is -2.72. The van der Waals surface area contributed by atoms with Gasteiger partial charge in [-0.1, -0.05) is 11.8 Å². The number of hydrogen-bond acceptors (Lipinski definition) is 5. The summed E-state index contributed by atoms with van der Waals surface area (Å²) in [6.45, 7) is 6.08. The summed E-state index contributed by atoms with van der Waals surface area (Å²) in [5.74, 6) is 6.02. The number of aromatic nitrogens is 1. The lowest BCUT2D eigenvalue weighted by Gasteiger charge is -2.30. The molecule has 0 spiro atoms. The van der Waals surface area contributed by atoms with Crippen LogP contribution < -0.4 is 14.8 Å². The molecule has 154 valence electrons. The van der Waals surface area contributed by atoms with Gasteiger partial charge in [0.2, 0.25) is 0 Å². The van der Waals surface area contributed by atoms with E-state index in [1.165, 1.54) is 23.7 Å². The average molecular weight is 415 g/mol. The van der Waals surface area contributed by atoms with Gasteiger partial charge in [0.15, 0.2) is 12.4 Å². The fourth-order valence-electron chi connectivity index (χ4n) is 3.18. The van der Waals surface area contributed by atoms with Crippen LogP contribution in [0.5, 0.6) is 5.75 Å². The fourth-order valence-corrected chi connectivity index (χ4v) is 4.00. The minimum Gasteiger partial charge on any atom is -0.619 e. The van der Waals surface area contributed by atoms with Crippen molar-refractivity contribution < 1.29 is 19.4 Å². The third-order valence-corrected chi connectivity index (χ3v) is 5.63. The van der Waals surface area contributed by atoms with Gasteiger partial charge in [-0.25, -0.2) is 4.79 Å². The first-order valence-electron chi connectivity index (χ1n) is 9.72. The molecule has 2 N–H and O–H groups in total. The molecule has 0 aromatic carbocycles. The van der Waals surface area contributed by atoms with Crippen LogP contribution in [0.25, 0.3) is 0 Å². The van der Waals surface area contributed by atoms with Crippen LogP contribution in [-0.4, -0.2) is 23.2 Å². The smallest absolute Gasteiger partial charge is 0.348 e. The molecule has 7 heteroatoms. The highest BCUT2D eigenvalue weighted by molar-refractivity contribution is 7.15. The Morgan fingerprint density at radius 3 is 2.52 bits per heavy atom. The Kier molecular flexibility index (Phi) is 6.33. The molecule has 3 rings (SSSR count). The molecular weight excluding hydrogens is 388 g/mol. The number of carboxylic acid groups (broad SMARTS) is 1. The van der Waals surface area contributed by atoms with Gasteiger partial charge in [-0.05, 0) is 52.5 Å². The Morgan fingerprint density at radius 2 is 1.93 bits per heavy atom. The number of anilines is 1. The minimum absolute atomic E-state index is 0.102. The van der Waals surface area contributed by atoms with Crippen molar-refractivity contribution in [1.29, 1.82) is 0 Å². The van der Waals surface area contributed by atoms with Crippen molar-refractivity contribution in [3.05, 3.63) is 45.6 Å². The van der Waals surface area contributed by atoms with Crippen molar-refractivity contribution in [2.24, 2.45) is 5.41 Å². The SMILES string of the molecule is CC(C)(C)C#Cc1cc(NC2CCC(Oc3cc[n+]([O-])cc3)CC2)c(C(=O)O)s1. The van der Waals surface area contributed by atoms with Gasteiger partial charge in [0, 0.05) is 23.6 Å². The van der Waals surface area contributed by atoms with Crippen molar-refractivity contribution >= 4 is 23.0 Å². The summed E-state index contributed by atoms with van der Waals surface area (Å²) in [7, 11) is 0. The van der Waals surface area contributed by atoms with E-state index in [1.807, 2.05) is 26.8 Å². The summed E-state index contributed by atoms with van der Waals surface area (Å²) >= 11 is 1.21. The lowest BCUT2D eigenvalue weighted by molar-refractivity contribution is -0.605. The minimum atomic E-state index is -0.932. The zero-order valence-corrected chi connectivity index (χ0v) is 17.7. The standard InChI is InChI=1S/C22H26N2O4S/c1-22(2,3)11-8-18-14-19(20(29-18)21(25)26)23-15-4-6-16(7-5-15)28-17-9-12-24(27)13-10-17/h9-10,12-16,23H,4-7H2,1-3H3,(H,25,26). The molecule has 1 fully saturated rings. The van der Waals surface area contributed by atoms with E-state index in [-0.39, 0.29) is 17.6 Å². The van der Waals surface area contributed by atoms with E-state index in [0.29, 0.717) is 16.3 Å². The molecule has 0 amide bonds. The molecule has 1 aliphatic carbocycles. The van der Waals surface area contributed by atoms with Crippen LogP contribution in [0.1, 0.15) is 61.0 Å². The summed E-state index contributed by atoms with van der Waals surface area (Å²) in [6.07, 6.45) is 6.46. The highest BCUT2D eigenvalue weighted by Crippen LogP contribution is 2.31. The monoisotopic (exact) mass is 414 g/mol. The number of thiophene rings is 1. The van der Waals surface area contributed by atoms with E-state index in [4.69, 9.17) is 4.74 Å². The molecule has 0 bridgehead atoms. The van der Waals surface area contributed by atoms with Gasteiger partial charge in [-0.15, -0.1) is 11.3 Å². The topological polar surface area (TPSA) is 85.5 Å². The quantitative estimate of drug-likeness (QED) is 0.433. The van der Waals surface area contributed by atoms with Crippen LogP contribution in [0.15, 0.2) is 30.6 Å². The van der Waals surface area contributed by atoms with Gasteiger partial charge in [0.25, 0.3) is 0 Å². The van der Waals surface area contributed by atoms with Crippen LogP contribution in [0.3, 0.4) is 0 Å². The van der Waals surface area contributed by atoms with E-state index in [1.54, 1.807) is 12.1 Å². The second-order valence-electron chi connectivity index (χ2n) is 8.29. The summed E-state index contributed by atoms with van der Waals surface area (Å²) in [6, 6.07) is 5.38. The highest BCUT2D eigenvalue weighted by atomic mass is 32.1. The normalized spacial score (nSPS) is 19.1. The molecule has 2 aromatic rings. The Labute approximate surface area is 175 Å².